The summed E-state index contributed by atoms with van der Waals surface area (Å²) >= 11 is 6.13. The molecule has 2 aromatic rings. The van der Waals surface area contributed by atoms with Gasteiger partial charge in [-0.25, -0.2) is 18.2 Å². The highest BCUT2D eigenvalue weighted by Gasteiger charge is 2.30. The Labute approximate surface area is 145 Å². The molecule has 24 heavy (non-hydrogen) atoms. The summed E-state index contributed by atoms with van der Waals surface area (Å²) in [5.74, 6) is -0.461. The third-order valence-corrected chi connectivity index (χ3v) is 5.20. The molecule has 0 spiro atoms. The molecule has 128 valence electrons. The number of likely N-dealkylation sites (tertiary alicyclic amines) is 1. The van der Waals surface area contributed by atoms with Crippen LogP contribution >= 0.6 is 11.6 Å². The fourth-order valence-corrected chi connectivity index (χ4v) is 4.00. The Morgan fingerprint density at radius 1 is 1.33 bits per heavy atom. The molecule has 9 heteroatoms. The summed E-state index contributed by atoms with van der Waals surface area (Å²) in [6.45, 7) is 0.867. The van der Waals surface area contributed by atoms with Crippen LogP contribution < -0.4 is 5.14 Å². The van der Waals surface area contributed by atoms with E-state index >= 15 is 0 Å². The number of hydrogen-bond donors (Lipinski definition) is 1. The van der Waals surface area contributed by atoms with Gasteiger partial charge in [0.1, 0.15) is 0 Å². The lowest BCUT2D eigenvalue weighted by Gasteiger charge is -2.14. The maximum Gasteiger partial charge on any atom is 0.274 e. The van der Waals surface area contributed by atoms with Gasteiger partial charge in [0, 0.05) is 19.3 Å². The first-order valence-corrected chi connectivity index (χ1v) is 9.53. The smallest absolute Gasteiger partial charge is 0.274 e. The topological polar surface area (TPSA) is 98.3 Å². The lowest BCUT2D eigenvalue weighted by Crippen LogP contribution is -2.31. The van der Waals surface area contributed by atoms with Crippen LogP contribution in [0.5, 0.6) is 0 Å². The van der Waals surface area contributed by atoms with E-state index in [0.717, 1.165) is 0 Å². The summed E-state index contributed by atoms with van der Waals surface area (Å²) in [6, 6.07) is 8.83. The molecule has 1 fully saturated rings. The van der Waals surface area contributed by atoms with Crippen LogP contribution in [0.4, 0.5) is 0 Å². The largest absolute Gasteiger partial charge is 0.337 e. The van der Waals surface area contributed by atoms with Crippen LogP contribution in [-0.4, -0.2) is 47.8 Å². The summed E-state index contributed by atoms with van der Waals surface area (Å²) in [7, 11) is -3.53. The fraction of sp³-hybridized carbons (Fsp3) is 0.333. The maximum absolute atomic E-state index is 12.5. The van der Waals surface area contributed by atoms with Gasteiger partial charge in [0.15, 0.2) is 5.69 Å². The zero-order chi connectivity index (χ0) is 17.3. The molecule has 3 rings (SSSR count). The van der Waals surface area contributed by atoms with Crippen molar-refractivity contribution in [3.63, 3.8) is 0 Å². The Morgan fingerprint density at radius 2 is 2.08 bits per heavy atom. The van der Waals surface area contributed by atoms with Crippen molar-refractivity contribution in [2.24, 2.45) is 11.1 Å². The minimum Gasteiger partial charge on any atom is -0.337 e. The minimum atomic E-state index is -3.53. The molecule has 1 atom stereocenters. The van der Waals surface area contributed by atoms with Gasteiger partial charge < -0.3 is 4.90 Å². The van der Waals surface area contributed by atoms with Gasteiger partial charge in [0.05, 0.1) is 16.5 Å². The van der Waals surface area contributed by atoms with E-state index in [-0.39, 0.29) is 17.6 Å². The van der Waals surface area contributed by atoms with Crippen LogP contribution in [0.2, 0.25) is 5.02 Å². The predicted octanol–water partition coefficient (Wildman–Crippen LogP) is 1.28. The number of para-hydroxylation sites is 1. The number of sulfonamides is 1. The van der Waals surface area contributed by atoms with E-state index < -0.39 is 10.0 Å². The average Bonchev–Trinajstić information content (AvgIpc) is 3.15. The molecule has 1 aliphatic rings. The number of halogens is 1. The Morgan fingerprint density at radius 3 is 2.79 bits per heavy atom. The zero-order valence-electron chi connectivity index (χ0n) is 12.8. The lowest BCUT2D eigenvalue weighted by atomic mass is 10.2. The number of rotatable bonds is 4. The van der Waals surface area contributed by atoms with Crippen molar-refractivity contribution in [2.45, 2.75) is 6.42 Å². The average molecular weight is 369 g/mol. The molecule has 2 heterocycles. The first-order chi connectivity index (χ1) is 11.3. The highest BCUT2D eigenvalue weighted by atomic mass is 35.5. The van der Waals surface area contributed by atoms with Crippen molar-refractivity contribution in [3.8, 4) is 5.69 Å². The Kier molecular flexibility index (Phi) is 4.62. The van der Waals surface area contributed by atoms with E-state index in [1.54, 1.807) is 27.9 Å². The van der Waals surface area contributed by atoms with Gasteiger partial charge in [0.25, 0.3) is 5.91 Å². The Bertz CT molecular complexity index is 865. The number of nitrogens with zero attached hydrogens (tertiary/aromatic N) is 3. The summed E-state index contributed by atoms with van der Waals surface area (Å²) in [5, 5.41) is 9.89. The molecule has 1 aliphatic heterocycles. The molecule has 1 amide bonds. The number of nitrogens with two attached hydrogens (primary N) is 1. The van der Waals surface area contributed by atoms with E-state index in [4.69, 9.17) is 16.7 Å². The molecule has 0 saturated carbocycles. The fourth-order valence-electron chi connectivity index (χ4n) is 2.85. The quantitative estimate of drug-likeness (QED) is 0.878. The summed E-state index contributed by atoms with van der Waals surface area (Å²) in [6.07, 6.45) is 2.29. The monoisotopic (exact) mass is 368 g/mol. The molecular weight excluding hydrogens is 352 g/mol. The zero-order valence-corrected chi connectivity index (χ0v) is 14.4. The molecule has 0 bridgehead atoms. The van der Waals surface area contributed by atoms with E-state index in [0.29, 0.717) is 35.9 Å². The molecule has 7 nitrogen and oxygen atoms in total. The normalized spacial score (nSPS) is 18.1. The first kappa shape index (κ1) is 16.9. The summed E-state index contributed by atoms with van der Waals surface area (Å²) in [5.41, 5.74) is 0.984. The summed E-state index contributed by atoms with van der Waals surface area (Å²) in [4.78, 5) is 14.1. The maximum atomic E-state index is 12.5. The van der Waals surface area contributed by atoms with Crippen LogP contribution in [-0.2, 0) is 10.0 Å². The Balaban J connectivity index is 1.72. The van der Waals surface area contributed by atoms with Crippen molar-refractivity contribution < 1.29 is 13.2 Å². The van der Waals surface area contributed by atoms with Gasteiger partial charge >= 0.3 is 0 Å². The van der Waals surface area contributed by atoms with Gasteiger partial charge in [-0.1, -0.05) is 23.7 Å². The van der Waals surface area contributed by atoms with E-state index in [1.165, 1.54) is 0 Å². The van der Waals surface area contributed by atoms with Crippen LogP contribution in [0.15, 0.2) is 36.5 Å². The highest BCUT2D eigenvalue weighted by Crippen LogP contribution is 2.21. The molecule has 1 aromatic heterocycles. The van der Waals surface area contributed by atoms with Crippen molar-refractivity contribution in [2.75, 3.05) is 18.8 Å². The number of aromatic nitrogens is 2. The number of primary sulfonamides is 1. The van der Waals surface area contributed by atoms with Crippen molar-refractivity contribution in [3.05, 3.63) is 47.2 Å². The highest BCUT2D eigenvalue weighted by molar-refractivity contribution is 7.89. The number of hydrogen-bond acceptors (Lipinski definition) is 4. The lowest BCUT2D eigenvalue weighted by molar-refractivity contribution is 0.0782. The Hall–Kier alpha value is -1.90. The SMILES string of the molecule is NS(=O)(=O)CC1CCN(C(=O)c2ccn(-c3ccccc3Cl)n2)C1. The third kappa shape index (κ3) is 3.77. The van der Waals surface area contributed by atoms with Gasteiger partial charge in [-0.3, -0.25) is 4.79 Å². The standard InChI is InChI=1S/C15H17ClN4O3S/c16-12-3-1-2-4-14(12)20-8-6-13(18-20)15(21)19-7-5-11(9-19)10-24(17,22)23/h1-4,6,8,11H,5,7,9-10H2,(H2,17,22,23). The molecule has 2 N–H and O–H groups in total. The number of carbonyl (C=O) groups is 1. The molecule has 1 aromatic carbocycles. The van der Waals surface area contributed by atoms with E-state index in [1.807, 2.05) is 18.2 Å². The van der Waals surface area contributed by atoms with Crippen LogP contribution in [0.3, 0.4) is 0 Å². The summed E-state index contributed by atoms with van der Waals surface area (Å²) < 4.78 is 23.9. The van der Waals surface area contributed by atoms with Gasteiger partial charge in [-0.05, 0) is 30.5 Å². The van der Waals surface area contributed by atoms with Gasteiger partial charge in [-0.2, -0.15) is 5.10 Å². The van der Waals surface area contributed by atoms with Crippen LogP contribution in [0.25, 0.3) is 5.69 Å². The molecule has 0 radical (unpaired) electrons. The van der Waals surface area contributed by atoms with Crippen molar-refractivity contribution >= 4 is 27.5 Å². The number of carbonyl (C=O) groups excluding carboxylic acids is 1. The van der Waals surface area contributed by atoms with Crippen LogP contribution in [0.1, 0.15) is 16.9 Å². The first-order valence-electron chi connectivity index (χ1n) is 7.44. The second kappa shape index (κ2) is 6.54. The van der Waals surface area contributed by atoms with Crippen molar-refractivity contribution in [1.29, 1.82) is 0 Å². The predicted molar refractivity (Wildman–Crippen MR) is 90.6 cm³/mol. The molecule has 0 aliphatic carbocycles. The van der Waals surface area contributed by atoms with E-state index in [2.05, 4.69) is 5.10 Å². The van der Waals surface area contributed by atoms with Crippen LogP contribution in [0, 0.1) is 5.92 Å². The van der Waals surface area contributed by atoms with Gasteiger partial charge in [0.2, 0.25) is 10.0 Å². The number of amides is 1. The van der Waals surface area contributed by atoms with E-state index in [9.17, 15) is 13.2 Å². The second-order valence-corrected chi connectivity index (χ2v) is 7.90. The van der Waals surface area contributed by atoms with Crippen molar-refractivity contribution in [1.82, 2.24) is 14.7 Å². The number of benzene rings is 1. The third-order valence-electron chi connectivity index (χ3n) is 3.95. The van der Waals surface area contributed by atoms with Gasteiger partial charge in [-0.15, -0.1) is 0 Å². The molecule has 1 saturated heterocycles. The second-order valence-electron chi connectivity index (χ2n) is 5.83. The molecular formula is C15H17ClN4O3S. The molecule has 1 unspecified atom stereocenters. The minimum absolute atomic E-state index is 0.106.